The summed E-state index contributed by atoms with van der Waals surface area (Å²) in [6, 6.07) is 4.77. The third kappa shape index (κ3) is 3.77. The molecule has 21 heavy (non-hydrogen) atoms. The number of hydrogen-bond acceptors (Lipinski definition) is 3. The number of hydrogen-bond donors (Lipinski definition) is 0. The van der Waals surface area contributed by atoms with Crippen molar-refractivity contribution in [2.24, 2.45) is 0 Å². The zero-order valence-corrected chi connectivity index (χ0v) is 14.2. The van der Waals surface area contributed by atoms with E-state index in [1.54, 1.807) is 17.8 Å². The average molecular weight is 328 g/mol. The van der Waals surface area contributed by atoms with Gasteiger partial charge in [0.05, 0.1) is 0 Å². The van der Waals surface area contributed by atoms with Crippen molar-refractivity contribution < 1.29 is 4.39 Å². The summed E-state index contributed by atoms with van der Waals surface area (Å²) < 4.78 is 15.2. The molecule has 3 nitrogen and oxygen atoms in total. The van der Waals surface area contributed by atoms with Gasteiger partial charge in [0.25, 0.3) is 0 Å². The van der Waals surface area contributed by atoms with E-state index < -0.39 is 0 Å². The smallest absolute Gasteiger partial charge is 0.191 e. The quantitative estimate of drug-likeness (QED) is 0.718. The molecule has 0 saturated carbocycles. The van der Waals surface area contributed by atoms with Crippen molar-refractivity contribution in [1.82, 2.24) is 14.8 Å². The van der Waals surface area contributed by atoms with Gasteiger partial charge in [-0.2, -0.15) is 0 Å². The highest BCUT2D eigenvalue weighted by Crippen LogP contribution is 2.29. The third-order valence-corrected chi connectivity index (χ3v) is 4.44. The highest BCUT2D eigenvalue weighted by molar-refractivity contribution is 7.98. The zero-order chi connectivity index (χ0) is 15.6. The van der Waals surface area contributed by atoms with Gasteiger partial charge in [-0.3, -0.25) is 0 Å². The minimum atomic E-state index is -0.318. The summed E-state index contributed by atoms with van der Waals surface area (Å²) in [5.41, 5.74) is 0.896. The normalized spacial score (nSPS) is 11.6. The van der Waals surface area contributed by atoms with E-state index in [4.69, 9.17) is 11.6 Å². The van der Waals surface area contributed by atoms with Crippen LogP contribution in [0.25, 0.3) is 0 Å². The summed E-state index contributed by atoms with van der Waals surface area (Å²) in [5.74, 6) is 1.63. The largest absolute Gasteiger partial charge is 0.303 e. The maximum Gasteiger partial charge on any atom is 0.191 e. The van der Waals surface area contributed by atoms with Gasteiger partial charge in [0.1, 0.15) is 11.6 Å². The summed E-state index contributed by atoms with van der Waals surface area (Å²) in [7, 11) is 0. The fourth-order valence-electron chi connectivity index (χ4n) is 2.05. The Balaban J connectivity index is 2.20. The average Bonchev–Trinajstić information content (AvgIpc) is 2.82. The molecule has 2 rings (SSSR count). The van der Waals surface area contributed by atoms with Crippen molar-refractivity contribution in [3.63, 3.8) is 0 Å². The Hall–Kier alpha value is -1.07. The molecule has 0 N–H and O–H groups in total. The lowest BCUT2D eigenvalue weighted by Gasteiger charge is -2.15. The van der Waals surface area contributed by atoms with E-state index in [1.165, 1.54) is 12.1 Å². The van der Waals surface area contributed by atoms with Crippen LogP contribution in [0, 0.1) is 5.82 Å². The first-order valence-corrected chi connectivity index (χ1v) is 8.28. The van der Waals surface area contributed by atoms with E-state index in [0.29, 0.717) is 22.7 Å². The van der Waals surface area contributed by atoms with Gasteiger partial charge in [-0.1, -0.05) is 43.3 Å². The van der Waals surface area contributed by atoms with E-state index >= 15 is 0 Å². The maximum absolute atomic E-state index is 13.1. The van der Waals surface area contributed by atoms with Crippen LogP contribution < -0.4 is 0 Å². The van der Waals surface area contributed by atoms with Crippen LogP contribution in [0.5, 0.6) is 0 Å². The molecule has 0 atom stereocenters. The lowest BCUT2D eigenvalue weighted by Crippen LogP contribution is -2.09. The van der Waals surface area contributed by atoms with Crippen molar-refractivity contribution in [1.29, 1.82) is 0 Å². The summed E-state index contributed by atoms with van der Waals surface area (Å²) in [4.78, 5) is 0. The second kappa shape index (κ2) is 6.79. The standard InChI is InChI=1S/C15H19ClFN3S/c1-9(2)14-18-19-15(20(14)10(3)4)21-8-11-5-6-12(17)7-13(11)16/h5-7,9-10H,8H2,1-4H3. The molecule has 0 saturated heterocycles. The summed E-state index contributed by atoms with van der Waals surface area (Å²) >= 11 is 7.63. The summed E-state index contributed by atoms with van der Waals surface area (Å²) in [5, 5.41) is 9.88. The Morgan fingerprint density at radius 3 is 2.52 bits per heavy atom. The Kier molecular flexibility index (Phi) is 5.27. The van der Waals surface area contributed by atoms with Crippen LogP contribution >= 0.6 is 23.4 Å². The topological polar surface area (TPSA) is 30.7 Å². The number of rotatable bonds is 5. The summed E-state index contributed by atoms with van der Waals surface area (Å²) in [6.45, 7) is 8.44. The van der Waals surface area contributed by atoms with Crippen LogP contribution in [0.1, 0.15) is 51.0 Å². The van der Waals surface area contributed by atoms with Crippen molar-refractivity contribution in [2.45, 2.75) is 50.6 Å². The predicted molar refractivity (Wildman–Crippen MR) is 85.5 cm³/mol. The molecule has 0 unspecified atom stereocenters. The Morgan fingerprint density at radius 2 is 1.95 bits per heavy atom. The van der Waals surface area contributed by atoms with Gasteiger partial charge < -0.3 is 4.57 Å². The fourth-order valence-corrected chi connectivity index (χ4v) is 3.44. The van der Waals surface area contributed by atoms with Gasteiger partial charge in [-0.15, -0.1) is 10.2 Å². The Labute approximate surface area is 133 Å². The molecule has 0 aliphatic carbocycles. The third-order valence-electron chi connectivity index (χ3n) is 3.10. The SMILES string of the molecule is CC(C)c1nnc(SCc2ccc(F)cc2Cl)n1C(C)C. The number of benzene rings is 1. The van der Waals surface area contributed by atoms with Gasteiger partial charge in [0.2, 0.25) is 0 Å². The molecule has 2 aromatic rings. The van der Waals surface area contributed by atoms with E-state index in [0.717, 1.165) is 16.5 Å². The van der Waals surface area contributed by atoms with E-state index in [9.17, 15) is 4.39 Å². The van der Waals surface area contributed by atoms with Gasteiger partial charge in [0, 0.05) is 22.7 Å². The minimum Gasteiger partial charge on any atom is -0.303 e. The minimum absolute atomic E-state index is 0.295. The molecule has 0 aliphatic heterocycles. The fraction of sp³-hybridized carbons (Fsp3) is 0.467. The molecule has 0 amide bonds. The van der Waals surface area contributed by atoms with E-state index in [-0.39, 0.29) is 5.82 Å². The van der Waals surface area contributed by atoms with Crippen molar-refractivity contribution in [2.75, 3.05) is 0 Å². The van der Waals surface area contributed by atoms with Crippen molar-refractivity contribution >= 4 is 23.4 Å². The first kappa shape index (κ1) is 16.3. The molecule has 1 aromatic carbocycles. The Bertz CT molecular complexity index is 625. The lowest BCUT2D eigenvalue weighted by molar-refractivity contribution is 0.512. The predicted octanol–water partition coefficient (Wildman–Crippen LogP) is 5.07. The molecule has 114 valence electrons. The molecule has 1 aromatic heterocycles. The molecular formula is C15H19ClFN3S. The second-order valence-electron chi connectivity index (χ2n) is 5.48. The van der Waals surface area contributed by atoms with E-state index in [2.05, 4.69) is 42.5 Å². The molecule has 0 bridgehead atoms. The zero-order valence-electron chi connectivity index (χ0n) is 12.6. The van der Waals surface area contributed by atoms with Gasteiger partial charge in [-0.25, -0.2) is 4.39 Å². The second-order valence-corrected chi connectivity index (χ2v) is 6.83. The molecule has 1 heterocycles. The first-order chi connectivity index (χ1) is 9.90. The highest BCUT2D eigenvalue weighted by Gasteiger charge is 2.17. The van der Waals surface area contributed by atoms with Gasteiger partial charge in [-0.05, 0) is 31.5 Å². The molecular weight excluding hydrogens is 309 g/mol. The Morgan fingerprint density at radius 1 is 1.24 bits per heavy atom. The monoisotopic (exact) mass is 327 g/mol. The molecule has 0 spiro atoms. The van der Waals surface area contributed by atoms with Crippen LogP contribution in [-0.4, -0.2) is 14.8 Å². The van der Waals surface area contributed by atoms with Crippen LogP contribution in [0.2, 0.25) is 5.02 Å². The molecule has 0 aliphatic rings. The van der Waals surface area contributed by atoms with Crippen LogP contribution in [0.4, 0.5) is 4.39 Å². The van der Waals surface area contributed by atoms with Gasteiger partial charge in [0.15, 0.2) is 5.16 Å². The molecule has 0 fully saturated rings. The maximum atomic E-state index is 13.1. The summed E-state index contributed by atoms with van der Waals surface area (Å²) in [6.07, 6.45) is 0. The lowest BCUT2D eigenvalue weighted by atomic mass is 10.2. The van der Waals surface area contributed by atoms with E-state index in [1.807, 2.05) is 0 Å². The number of halogens is 2. The molecule has 6 heteroatoms. The number of nitrogens with zero attached hydrogens (tertiary/aromatic N) is 3. The molecule has 0 radical (unpaired) electrons. The first-order valence-electron chi connectivity index (χ1n) is 6.91. The van der Waals surface area contributed by atoms with Crippen LogP contribution in [0.15, 0.2) is 23.4 Å². The number of thioether (sulfide) groups is 1. The van der Waals surface area contributed by atoms with Crippen molar-refractivity contribution in [3.05, 3.63) is 40.4 Å². The van der Waals surface area contributed by atoms with Crippen molar-refractivity contribution in [3.8, 4) is 0 Å². The van der Waals surface area contributed by atoms with Gasteiger partial charge >= 0.3 is 0 Å². The number of aromatic nitrogens is 3. The van der Waals surface area contributed by atoms with Crippen LogP contribution in [0.3, 0.4) is 0 Å². The van der Waals surface area contributed by atoms with Crippen LogP contribution in [-0.2, 0) is 5.75 Å². The highest BCUT2D eigenvalue weighted by atomic mass is 35.5.